The summed E-state index contributed by atoms with van der Waals surface area (Å²) in [6, 6.07) is -0.735. The molecule has 0 aromatic heterocycles. The Kier molecular flexibility index (Phi) is 8.78. The normalized spacial score (nSPS) is 31.9. The first kappa shape index (κ1) is 28.5. The zero-order valence-electron chi connectivity index (χ0n) is 21.3. The van der Waals surface area contributed by atoms with Crippen molar-refractivity contribution in [1.82, 2.24) is 10.2 Å². The quantitative estimate of drug-likeness (QED) is 0.207. The molecule has 5 atom stereocenters. The number of terminal acetylenes is 1. The number of urea groups is 1. The van der Waals surface area contributed by atoms with E-state index in [4.69, 9.17) is 21.3 Å². The van der Waals surface area contributed by atoms with Gasteiger partial charge in [0.05, 0.1) is 6.61 Å². The summed E-state index contributed by atoms with van der Waals surface area (Å²) in [6.45, 7) is 12.4. The number of hydrogen-bond donors (Lipinski definition) is 4. The maximum absolute atomic E-state index is 12.9. The third-order valence-corrected chi connectivity index (χ3v) is 11.7. The predicted octanol–water partition coefficient (Wildman–Crippen LogP) is 2.19. The maximum Gasteiger partial charge on any atom is 0.325 e. The minimum Gasteiger partial charge on any atom is -0.414 e. The number of ketones is 1. The van der Waals surface area contributed by atoms with Gasteiger partial charge in [-0.1, -0.05) is 52.9 Å². The number of aliphatic hydroxyl groups excluding tert-OH is 1. The lowest BCUT2D eigenvalue weighted by Crippen LogP contribution is -2.66. The summed E-state index contributed by atoms with van der Waals surface area (Å²) in [5.74, 6) is 1.92. The number of aliphatic hydroxyl groups is 2. The molecule has 2 rings (SSSR count). The van der Waals surface area contributed by atoms with Gasteiger partial charge in [-0.05, 0) is 30.6 Å². The number of carbonyl (C=O) groups excluding carboxylic acids is 2. The van der Waals surface area contributed by atoms with E-state index in [0.717, 1.165) is 24.2 Å². The van der Waals surface area contributed by atoms with E-state index in [0.29, 0.717) is 6.42 Å². The summed E-state index contributed by atoms with van der Waals surface area (Å²) in [6.07, 6.45) is 8.19. The highest BCUT2D eigenvalue weighted by Gasteiger charge is 2.58. The van der Waals surface area contributed by atoms with Gasteiger partial charge in [0.15, 0.2) is 31.6 Å². The zero-order valence-corrected chi connectivity index (χ0v) is 22.3. The van der Waals surface area contributed by atoms with Crippen LogP contribution in [0.4, 0.5) is 4.79 Å². The molecule has 192 valence electrons. The first-order chi connectivity index (χ1) is 15.6. The van der Waals surface area contributed by atoms with Gasteiger partial charge in [0.25, 0.3) is 0 Å². The number of amides is 2. The van der Waals surface area contributed by atoms with Gasteiger partial charge in [-0.15, -0.1) is 6.42 Å². The Morgan fingerprint density at radius 1 is 1.38 bits per heavy atom. The third kappa shape index (κ3) is 5.73. The van der Waals surface area contributed by atoms with Crippen molar-refractivity contribution in [3.8, 4) is 12.3 Å². The van der Waals surface area contributed by atoms with Gasteiger partial charge in [-0.2, -0.15) is 0 Å². The Balaban J connectivity index is 2.15. The Labute approximate surface area is 204 Å². The fourth-order valence-electron chi connectivity index (χ4n) is 3.65. The molecular formula is C24H41N3O6Si. The number of ether oxygens (including phenoxy) is 1. The third-order valence-electron chi connectivity index (χ3n) is 7.19. The fourth-order valence-corrected chi connectivity index (χ4v) is 4.65. The van der Waals surface area contributed by atoms with Crippen molar-refractivity contribution in [2.75, 3.05) is 6.61 Å². The summed E-state index contributed by atoms with van der Waals surface area (Å²) >= 11 is 0. The van der Waals surface area contributed by atoms with Crippen LogP contribution < -0.4 is 11.1 Å². The largest absolute Gasteiger partial charge is 0.414 e. The molecule has 5 N–H and O–H groups in total. The first-order valence-corrected chi connectivity index (χ1v) is 14.8. The van der Waals surface area contributed by atoms with E-state index in [1.165, 1.54) is 12.3 Å². The first-order valence-electron chi connectivity index (χ1n) is 11.9. The molecule has 0 aromatic carbocycles. The van der Waals surface area contributed by atoms with E-state index < -0.39 is 44.0 Å². The van der Waals surface area contributed by atoms with Gasteiger partial charge >= 0.3 is 6.03 Å². The van der Waals surface area contributed by atoms with Gasteiger partial charge in [0.1, 0.15) is 12.2 Å². The van der Waals surface area contributed by atoms with Crippen LogP contribution in [0.1, 0.15) is 59.8 Å². The monoisotopic (exact) mass is 495 g/mol. The van der Waals surface area contributed by atoms with Crippen LogP contribution in [0.15, 0.2) is 12.3 Å². The van der Waals surface area contributed by atoms with E-state index in [1.54, 1.807) is 0 Å². The molecule has 2 aliphatic heterocycles. The van der Waals surface area contributed by atoms with E-state index >= 15 is 0 Å². The van der Waals surface area contributed by atoms with Crippen LogP contribution in [0.25, 0.3) is 0 Å². The molecule has 34 heavy (non-hydrogen) atoms. The van der Waals surface area contributed by atoms with Crippen LogP contribution in [0.5, 0.6) is 0 Å². The van der Waals surface area contributed by atoms with Gasteiger partial charge in [-0.25, -0.2) is 4.79 Å². The predicted molar refractivity (Wildman–Crippen MR) is 132 cm³/mol. The van der Waals surface area contributed by atoms with Crippen LogP contribution in [-0.2, 0) is 14.0 Å². The second-order valence-electron chi connectivity index (χ2n) is 10.8. The second-order valence-corrected chi connectivity index (χ2v) is 15.6. The molecule has 0 bridgehead atoms. The van der Waals surface area contributed by atoms with Crippen molar-refractivity contribution in [2.24, 2.45) is 5.73 Å². The summed E-state index contributed by atoms with van der Waals surface area (Å²) in [7, 11) is -2.20. The molecule has 0 radical (unpaired) electrons. The van der Waals surface area contributed by atoms with Crippen LogP contribution in [-0.4, -0.2) is 71.6 Å². The molecule has 0 aliphatic carbocycles. The Morgan fingerprint density at radius 3 is 2.56 bits per heavy atom. The minimum absolute atomic E-state index is 0.0407. The van der Waals surface area contributed by atoms with E-state index in [1.807, 2.05) is 13.1 Å². The van der Waals surface area contributed by atoms with Crippen molar-refractivity contribution < 1.29 is 29.0 Å². The lowest BCUT2D eigenvalue weighted by atomic mass is 9.93. The number of nitrogens with two attached hydrogens (primary N) is 1. The van der Waals surface area contributed by atoms with E-state index in [2.05, 4.69) is 38.9 Å². The molecule has 9 nitrogen and oxygen atoms in total. The molecule has 0 aromatic rings. The number of nitrogens with one attached hydrogen (secondary N) is 1. The number of nitrogens with zero attached hydrogens (tertiary/aromatic N) is 1. The Bertz CT molecular complexity index is 836. The summed E-state index contributed by atoms with van der Waals surface area (Å²) in [5.41, 5.74) is 2.45. The van der Waals surface area contributed by atoms with Gasteiger partial charge in [0, 0.05) is 12.6 Å². The van der Waals surface area contributed by atoms with Crippen molar-refractivity contribution in [1.29, 1.82) is 0 Å². The average Bonchev–Trinajstić information content (AvgIpc) is 3.00. The van der Waals surface area contributed by atoms with E-state index in [-0.39, 0.29) is 23.8 Å². The Hall–Kier alpha value is -1.74. The summed E-state index contributed by atoms with van der Waals surface area (Å²) < 4.78 is 12.0. The fraction of sp³-hybridized carbons (Fsp3) is 0.750. The Morgan fingerprint density at radius 2 is 2.03 bits per heavy atom. The molecule has 1 saturated heterocycles. The molecule has 0 spiro atoms. The summed E-state index contributed by atoms with van der Waals surface area (Å²) in [5, 5.41) is 24.3. The second kappa shape index (κ2) is 10.5. The van der Waals surface area contributed by atoms with Crippen LogP contribution in [0.3, 0.4) is 0 Å². The van der Waals surface area contributed by atoms with E-state index in [9.17, 15) is 19.8 Å². The summed E-state index contributed by atoms with van der Waals surface area (Å²) in [4.78, 5) is 26.5. The van der Waals surface area contributed by atoms with Crippen molar-refractivity contribution >= 4 is 20.1 Å². The molecule has 2 amide bonds. The molecular weight excluding hydrogens is 454 g/mol. The van der Waals surface area contributed by atoms with Gasteiger partial charge < -0.3 is 24.7 Å². The van der Waals surface area contributed by atoms with Crippen molar-refractivity contribution in [3.05, 3.63) is 12.3 Å². The SMILES string of the molecule is C#C[C@@]1(O)[C@@H](CO[Si](C)(C)C(C)(C)C)O[C@@H](N2C=CC(N)(C(=O)CCCCCC)NC2=O)[C@@H]1O. The van der Waals surface area contributed by atoms with Crippen LogP contribution in [0, 0.1) is 12.3 Å². The van der Waals surface area contributed by atoms with Crippen LogP contribution >= 0.6 is 0 Å². The highest BCUT2D eigenvalue weighted by atomic mass is 28.4. The highest BCUT2D eigenvalue weighted by Crippen LogP contribution is 2.39. The molecule has 2 aliphatic rings. The number of carbonyl (C=O) groups is 2. The molecule has 2 heterocycles. The lowest BCUT2D eigenvalue weighted by Gasteiger charge is -2.37. The molecule has 10 heteroatoms. The maximum atomic E-state index is 12.9. The average molecular weight is 496 g/mol. The van der Waals surface area contributed by atoms with Crippen molar-refractivity contribution in [3.63, 3.8) is 0 Å². The van der Waals surface area contributed by atoms with Crippen LogP contribution in [0.2, 0.25) is 18.1 Å². The number of unbranched alkanes of at least 4 members (excludes halogenated alkanes) is 3. The smallest absolute Gasteiger partial charge is 0.325 e. The van der Waals surface area contributed by atoms with Crippen molar-refractivity contribution in [2.45, 2.75) is 108 Å². The van der Waals surface area contributed by atoms with Gasteiger partial charge in [-0.3, -0.25) is 15.4 Å². The topological polar surface area (TPSA) is 134 Å². The number of hydrogen-bond acceptors (Lipinski definition) is 7. The highest BCUT2D eigenvalue weighted by molar-refractivity contribution is 6.74. The lowest BCUT2D eigenvalue weighted by molar-refractivity contribution is -0.124. The molecule has 0 saturated carbocycles. The minimum atomic E-state index is -2.20. The number of Topliss-reactive ketones (excluding diaryl/α,β-unsaturated/α-hetero) is 1. The molecule has 1 fully saturated rings. The standard InChI is InChI=1S/C24H41N3O6Si/c1-8-10-11-12-13-17(28)24(25)14-15-27(21(30)26-24)20-19(29)23(31,9-2)18(33-20)16-32-34(6,7)22(3,4)5/h2,14-15,18-20,29,31H,8,10-13,16,25H2,1,3-7H3,(H,26,30)/t18-,19+,20-,23-,24?/m1/s1. The number of rotatable bonds is 10. The van der Waals surface area contributed by atoms with Gasteiger partial charge in [0.2, 0.25) is 0 Å². The molecule has 1 unspecified atom stereocenters. The zero-order chi connectivity index (χ0) is 25.9.